The highest BCUT2D eigenvalue weighted by molar-refractivity contribution is 14.0. The number of nitrogens with two attached hydrogens (primary N) is 1. The quantitative estimate of drug-likeness (QED) is 0.467. The van der Waals surface area contributed by atoms with E-state index in [0.717, 1.165) is 24.5 Å². The van der Waals surface area contributed by atoms with E-state index < -0.39 is 0 Å². The summed E-state index contributed by atoms with van der Waals surface area (Å²) in [4.78, 5) is 6.66. The highest BCUT2D eigenvalue weighted by Gasteiger charge is 2.11. The van der Waals surface area contributed by atoms with E-state index in [1.165, 1.54) is 19.5 Å². The van der Waals surface area contributed by atoms with E-state index in [2.05, 4.69) is 15.2 Å². The van der Waals surface area contributed by atoms with E-state index in [1.807, 2.05) is 24.3 Å². The van der Waals surface area contributed by atoms with E-state index in [0.29, 0.717) is 5.96 Å². The molecule has 1 fully saturated rings. The number of hydrogen-bond donors (Lipinski definition) is 2. The highest BCUT2D eigenvalue weighted by Crippen LogP contribution is 2.14. The van der Waals surface area contributed by atoms with Crippen molar-refractivity contribution in [3.05, 3.63) is 24.3 Å². The molecular formula is C13H21IN4O. The van der Waals surface area contributed by atoms with Crippen molar-refractivity contribution in [2.75, 3.05) is 38.6 Å². The van der Waals surface area contributed by atoms with Crippen LogP contribution in [0.5, 0.6) is 5.75 Å². The van der Waals surface area contributed by atoms with Crippen LogP contribution in [0.1, 0.15) is 6.42 Å². The molecule has 6 heteroatoms. The number of methoxy groups -OCH3 is 1. The molecule has 1 aromatic rings. The average Bonchev–Trinajstić information content (AvgIpc) is 2.33. The lowest BCUT2D eigenvalue weighted by atomic mass is 10.2. The first kappa shape index (κ1) is 16.0. The Morgan fingerprint density at radius 2 is 2.05 bits per heavy atom. The molecule has 106 valence electrons. The van der Waals surface area contributed by atoms with Gasteiger partial charge in [0.25, 0.3) is 0 Å². The molecule has 0 saturated carbocycles. The monoisotopic (exact) mass is 376 g/mol. The fourth-order valence-electron chi connectivity index (χ4n) is 1.78. The van der Waals surface area contributed by atoms with Gasteiger partial charge in [-0.1, -0.05) is 0 Å². The largest absolute Gasteiger partial charge is 0.497 e. The second-order valence-electron chi connectivity index (χ2n) is 4.32. The summed E-state index contributed by atoms with van der Waals surface area (Å²) >= 11 is 0. The molecule has 1 aliphatic heterocycles. The lowest BCUT2D eigenvalue weighted by molar-refractivity contribution is 0.187. The number of nitrogens with one attached hydrogen (secondary N) is 1. The number of halogens is 1. The minimum Gasteiger partial charge on any atom is -0.497 e. The Labute approximate surface area is 131 Å². The van der Waals surface area contributed by atoms with E-state index in [1.54, 1.807) is 7.11 Å². The van der Waals surface area contributed by atoms with Crippen molar-refractivity contribution < 1.29 is 4.74 Å². The molecule has 0 unspecified atom stereocenters. The summed E-state index contributed by atoms with van der Waals surface area (Å²) in [5.41, 5.74) is 6.73. The number of aliphatic imine (C=N–C) groups is 1. The summed E-state index contributed by atoms with van der Waals surface area (Å²) in [6.07, 6.45) is 1.31. The number of ether oxygens (including phenoxy) is 1. The van der Waals surface area contributed by atoms with Crippen molar-refractivity contribution in [1.82, 2.24) is 4.90 Å². The van der Waals surface area contributed by atoms with Gasteiger partial charge in [0, 0.05) is 12.2 Å². The van der Waals surface area contributed by atoms with Gasteiger partial charge in [0.05, 0.1) is 13.7 Å². The number of nitrogens with zero attached hydrogens (tertiary/aromatic N) is 2. The number of guanidine groups is 1. The van der Waals surface area contributed by atoms with E-state index in [4.69, 9.17) is 10.5 Å². The maximum Gasteiger partial charge on any atom is 0.193 e. The molecule has 0 amide bonds. The van der Waals surface area contributed by atoms with Gasteiger partial charge in [-0.05, 0) is 43.8 Å². The molecule has 2 rings (SSSR count). The highest BCUT2D eigenvalue weighted by atomic mass is 127. The molecule has 3 N–H and O–H groups in total. The minimum absolute atomic E-state index is 0. The van der Waals surface area contributed by atoms with Gasteiger partial charge >= 0.3 is 0 Å². The average molecular weight is 376 g/mol. The van der Waals surface area contributed by atoms with Gasteiger partial charge in [-0.3, -0.25) is 4.99 Å². The van der Waals surface area contributed by atoms with Crippen LogP contribution in [0.25, 0.3) is 0 Å². The third-order valence-electron chi connectivity index (χ3n) is 3.01. The first-order chi connectivity index (χ1) is 8.78. The van der Waals surface area contributed by atoms with Crippen LogP contribution in [0.4, 0.5) is 5.69 Å². The van der Waals surface area contributed by atoms with Crippen molar-refractivity contribution in [3.63, 3.8) is 0 Å². The van der Waals surface area contributed by atoms with Crippen molar-refractivity contribution >= 4 is 35.6 Å². The Balaban J connectivity index is 0.00000180. The van der Waals surface area contributed by atoms with Crippen LogP contribution in [0, 0.1) is 0 Å². The predicted octanol–water partition coefficient (Wildman–Crippen LogP) is 1.75. The SMILES string of the molecule is COc1ccc(NC(N)=NCCN2CCC2)cc1.I. The van der Waals surface area contributed by atoms with Crippen molar-refractivity contribution in [2.24, 2.45) is 10.7 Å². The first-order valence-electron chi connectivity index (χ1n) is 6.21. The molecule has 0 aliphatic carbocycles. The molecule has 0 atom stereocenters. The van der Waals surface area contributed by atoms with E-state index in [-0.39, 0.29) is 24.0 Å². The number of likely N-dealkylation sites (tertiary alicyclic amines) is 1. The Morgan fingerprint density at radius 3 is 2.58 bits per heavy atom. The van der Waals surface area contributed by atoms with Crippen LogP contribution in [-0.4, -0.2) is 44.1 Å². The summed E-state index contributed by atoms with van der Waals surface area (Å²) in [5.74, 6) is 1.29. The zero-order chi connectivity index (χ0) is 12.8. The molecule has 1 aliphatic rings. The second-order valence-corrected chi connectivity index (χ2v) is 4.32. The molecule has 5 nitrogen and oxygen atoms in total. The predicted molar refractivity (Wildman–Crippen MR) is 89.6 cm³/mol. The topological polar surface area (TPSA) is 62.9 Å². The summed E-state index contributed by atoms with van der Waals surface area (Å²) < 4.78 is 5.09. The van der Waals surface area contributed by atoms with Crippen LogP contribution in [-0.2, 0) is 0 Å². The van der Waals surface area contributed by atoms with Gasteiger partial charge in [0.1, 0.15) is 5.75 Å². The molecule has 19 heavy (non-hydrogen) atoms. The number of hydrogen-bond acceptors (Lipinski definition) is 3. The zero-order valence-electron chi connectivity index (χ0n) is 11.1. The van der Waals surface area contributed by atoms with Crippen LogP contribution in [0.3, 0.4) is 0 Å². The maximum absolute atomic E-state index is 5.81. The molecule has 1 saturated heterocycles. The van der Waals surface area contributed by atoms with Crippen molar-refractivity contribution in [3.8, 4) is 5.75 Å². The smallest absolute Gasteiger partial charge is 0.193 e. The lowest BCUT2D eigenvalue weighted by Crippen LogP contribution is -2.39. The van der Waals surface area contributed by atoms with Crippen LogP contribution < -0.4 is 15.8 Å². The summed E-state index contributed by atoms with van der Waals surface area (Å²) in [5, 5.41) is 3.06. The Bertz CT molecular complexity index is 404. The lowest BCUT2D eigenvalue weighted by Gasteiger charge is -2.29. The van der Waals surface area contributed by atoms with Gasteiger partial charge in [-0.2, -0.15) is 0 Å². The van der Waals surface area contributed by atoms with Gasteiger partial charge in [-0.15, -0.1) is 24.0 Å². The number of anilines is 1. The van der Waals surface area contributed by atoms with E-state index in [9.17, 15) is 0 Å². The Morgan fingerprint density at radius 1 is 1.37 bits per heavy atom. The van der Waals surface area contributed by atoms with Crippen LogP contribution >= 0.6 is 24.0 Å². The molecule has 1 heterocycles. The molecule has 0 radical (unpaired) electrons. The standard InChI is InChI=1S/C13H20N4O.HI/c1-18-12-5-3-11(4-6-12)16-13(14)15-7-10-17-8-2-9-17;/h3-6H,2,7-10H2,1H3,(H3,14,15,16);1H. The normalized spacial score (nSPS) is 15.3. The third kappa shape index (κ3) is 5.23. The second kappa shape index (κ2) is 8.21. The van der Waals surface area contributed by atoms with Crippen LogP contribution in [0.15, 0.2) is 29.3 Å². The van der Waals surface area contributed by atoms with Gasteiger partial charge in [0.15, 0.2) is 5.96 Å². The Hall–Kier alpha value is -1.02. The fraction of sp³-hybridized carbons (Fsp3) is 0.462. The number of benzene rings is 1. The van der Waals surface area contributed by atoms with Gasteiger partial charge in [0.2, 0.25) is 0 Å². The Kier molecular flexibility index (Phi) is 6.93. The molecule has 0 bridgehead atoms. The molecule has 0 aromatic heterocycles. The third-order valence-corrected chi connectivity index (χ3v) is 3.01. The molecule has 0 spiro atoms. The summed E-state index contributed by atoms with van der Waals surface area (Å²) in [6, 6.07) is 7.60. The van der Waals surface area contributed by atoms with E-state index >= 15 is 0 Å². The number of rotatable bonds is 5. The fourth-order valence-corrected chi connectivity index (χ4v) is 1.78. The molecular weight excluding hydrogens is 355 g/mol. The van der Waals surface area contributed by atoms with Gasteiger partial charge in [-0.25, -0.2) is 0 Å². The maximum atomic E-state index is 5.81. The van der Waals surface area contributed by atoms with Crippen molar-refractivity contribution in [1.29, 1.82) is 0 Å². The minimum atomic E-state index is 0. The molecule has 1 aromatic carbocycles. The van der Waals surface area contributed by atoms with Gasteiger partial charge < -0.3 is 20.7 Å². The van der Waals surface area contributed by atoms with Crippen molar-refractivity contribution in [2.45, 2.75) is 6.42 Å². The first-order valence-corrected chi connectivity index (χ1v) is 6.21. The summed E-state index contributed by atoms with van der Waals surface area (Å²) in [6.45, 7) is 4.13. The summed E-state index contributed by atoms with van der Waals surface area (Å²) in [7, 11) is 1.65. The van der Waals surface area contributed by atoms with Crippen LogP contribution in [0.2, 0.25) is 0 Å². The zero-order valence-corrected chi connectivity index (χ0v) is 13.5.